The third kappa shape index (κ3) is 5.07. The van der Waals surface area contributed by atoms with Gasteiger partial charge < -0.3 is 10.2 Å². The first-order valence-electron chi connectivity index (χ1n) is 8.26. The Morgan fingerprint density at radius 3 is 2.21 bits per heavy atom. The lowest BCUT2D eigenvalue weighted by Gasteiger charge is -2.43. The maximum atomic E-state index is 3.59. The zero-order valence-electron chi connectivity index (χ0n) is 14.2. The minimum absolute atomic E-state index is 0.659. The summed E-state index contributed by atoms with van der Waals surface area (Å²) in [4.78, 5) is 2.69. The largest absolute Gasteiger partial charge is 0.317 e. The van der Waals surface area contributed by atoms with Crippen LogP contribution in [0.15, 0.2) is 0 Å². The molecule has 2 heteroatoms. The van der Waals surface area contributed by atoms with Crippen LogP contribution in [0.2, 0.25) is 0 Å². The number of hydrogen-bond acceptors (Lipinski definition) is 2. The van der Waals surface area contributed by atoms with Gasteiger partial charge in [-0.15, -0.1) is 0 Å². The maximum Gasteiger partial charge on any atom is 0.0110 e. The summed E-state index contributed by atoms with van der Waals surface area (Å²) >= 11 is 0. The van der Waals surface area contributed by atoms with Crippen molar-refractivity contribution in [1.82, 2.24) is 10.2 Å². The first-order valence-corrected chi connectivity index (χ1v) is 8.26. The van der Waals surface area contributed by atoms with Crippen LogP contribution in [-0.4, -0.2) is 37.1 Å². The first kappa shape index (κ1) is 17.0. The predicted octanol–water partition coefficient (Wildman–Crippen LogP) is 3.62. The van der Waals surface area contributed by atoms with Crippen molar-refractivity contribution < 1.29 is 0 Å². The van der Waals surface area contributed by atoms with Gasteiger partial charge in [-0.05, 0) is 57.4 Å². The summed E-state index contributed by atoms with van der Waals surface area (Å²) < 4.78 is 0. The Hall–Kier alpha value is -0.0800. The molecule has 0 aliphatic heterocycles. The maximum absolute atomic E-state index is 3.59. The van der Waals surface area contributed by atoms with Crippen molar-refractivity contribution >= 4 is 0 Å². The van der Waals surface area contributed by atoms with Crippen LogP contribution < -0.4 is 5.32 Å². The molecule has 0 aromatic rings. The smallest absolute Gasteiger partial charge is 0.0110 e. The summed E-state index contributed by atoms with van der Waals surface area (Å²) in [5.41, 5.74) is 0. The van der Waals surface area contributed by atoms with Gasteiger partial charge in [0.05, 0.1) is 0 Å². The summed E-state index contributed by atoms with van der Waals surface area (Å²) in [6.07, 6.45) is 2.75. The van der Waals surface area contributed by atoms with Crippen LogP contribution in [0.4, 0.5) is 0 Å². The van der Waals surface area contributed by atoms with E-state index in [0.29, 0.717) is 12.1 Å². The minimum atomic E-state index is 0.659. The highest BCUT2D eigenvalue weighted by Crippen LogP contribution is 2.34. The number of nitrogens with one attached hydrogen (secondary N) is 1. The van der Waals surface area contributed by atoms with Gasteiger partial charge in [0.25, 0.3) is 0 Å². The quantitative estimate of drug-likeness (QED) is 0.791. The second-order valence-corrected chi connectivity index (χ2v) is 7.55. The average molecular weight is 268 g/mol. The van der Waals surface area contributed by atoms with E-state index in [2.05, 4.69) is 58.8 Å². The van der Waals surface area contributed by atoms with E-state index in [1.165, 1.54) is 25.9 Å². The van der Waals surface area contributed by atoms with Gasteiger partial charge in [-0.25, -0.2) is 0 Å². The second kappa shape index (κ2) is 7.64. The third-order valence-corrected chi connectivity index (χ3v) is 4.82. The monoisotopic (exact) mass is 268 g/mol. The highest BCUT2D eigenvalue weighted by atomic mass is 15.2. The van der Waals surface area contributed by atoms with Gasteiger partial charge in [-0.1, -0.05) is 27.7 Å². The summed E-state index contributed by atoms with van der Waals surface area (Å²) in [5, 5.41) is 3.59. The van der Waals surface area contributed by atoms with Gasteiger partial charge in [0.1, 0.15) is 0 Å². The fourth-order valence-corrected chi connectivity index (χ4v) is 3.79. The van der Waals surface area contributed by atoms with E-state index in [0.717, 1.165) is 23.7 Å². The standard InChI is InChI=1S/C17H36N2/c1-12(2)10-19(13(3)4)11-16-15(6)8-14(5)9-17(16)18-7/h12-18H,8-11H2,1-7H3. The molecule has 0 heterocycles. The Morgan fingerprint density at radius 2 is 1.74 bits per heavy atom. The lowest BCUT2D eigenvalue weighted by Crippen LogP contribution is -2.49. The SMILES string of the molecule is CNC1CC(C)CC(C)C1CN(CC(C)C)C(C)C. The van der Waals surface area contributed by atoms with Crippen LogP contribution in [0.25, 0.3) is 0 Å². The third-order valence-electron chi connectivity index (χ3n) is 4.82. The molecule has 114 valence electrons. The van der Waals surface area contributed by atoms with Gasteiger partial charge in [0.2, 0.25) is 0 Å². The zero-order chi connectivity index (χ0) is 14.6. The Balaban J connectivity index is 2.69. The van der Waals surface area contributed by atoms with E-state index >= 15 is 0 Å². The average Bonchev–Trinajstić information content (AvgIpc) is 2.29. The highest BCUT2D eigenvalue weighted by molar-refractivity contribution is 4.89. The zero-order valence-corrected chi connectivity index (χ0v) is 14.2. The molecule has 1 rings (SSSR count). The van der Waals surface area contributed by atoms with Crippen molar-refractivity contribution in [1.29, 1.82) is 0 Å². The molecule has 0 saturated heterocycles. The van der Waals surface area contributed by atoms with Crippen LogP contribution in [0.5, 0.6) is 0 Å². The molecule has 4 atom stereocenters. The molecule has 4 unspecified atom stereocenters. The Kier molecular flexibility index (Phi) is 6.82. The molecule has 0 spiro atoms. The molecule has 1 aliphatic carbocycles. The molecular formula is C17H36N2. The van der Waals surface area contributed by atoms with Crippen molar-refractivity contribution in [3.63, 3.8) is 0 Å². The number of nitrogens with zero attached hydrogens (tertiary/aromatic N) is 1. The van der Waals surface area contributed by atoms with E-state index in [1.54, 1.807) is 0 Å². The lowest BCUT2D eigenvalue weighted by molar-refractivity contribution is 0.0832. The topological polar surface area (TPSA) is 15.3 Å². The van der Waals surface area contributed by atoms with Crippen molar-refractivity contribution in [2.45, 2.75) is 66.5 Å². The molecule has 0 radical (unpaired) electrons. The van der Waals surface area contributed by atoms with E-state index in [-0.39, 0.29) is 0 Å². The van der Waals surface area contributed by atoms with Crippen LogP contribution >= 0.6 is 0 Å². The molecule has 1 saturated carbocycles. The predicted molar refractivity (Wildman–Crippen MR) is 85.4 cm³/mol. The molecule has 0 amide bonds. The van der Waals surface area contributed by atoms with Gasteiger partial charge in [0.15, 0.2) is 0 Å². The molecule has 1 fully saturated rings. The fourth-order valence-electron chi connectivity index (χ4n) is 3.79. The molecular weight excluding hydrogens is 232 g/mol. The molecule has 2 nitrogen and oxygen atoms in total. The van der Waals surface area contributed by atoms with Gasteiger partial charge in [-0.3, -0.25) is 0 Å². The lowest BCUT2D eigenvalue weighted by atomic mass is 9.72. The van der Waals surface area contributed by atoms with Crippen LogP contribution in [-0.2, 0) is 0 Å². The first-order chi connectivity index (χ1) is 8.85. The summed E-state index contributed by atoms with van der Waals surface area (Å²) in [6, 6.07) is 1.36. The number of hydrogen-bond donors (Lipinski definition) is 1. The van der Waals surface area contributed by atoms with Gasteiger partial charge in [-0.2, -0.15) is 0 Å². The van der Waals surface area contributed by atoms with Crippen molar-refractivity contribution in [3.05, 3.63) is 0 Å². The minimum Gasteiger partial charge on any atom is -0.317 e. The highest BCUT2D eigenvalue weighted by Gasteiger charge is 2.34. The Bertz CT molecular complexity index is 250. The number of rotatable bonds is 6. The fraction of sp³-hybridized carbons (Fsp3) is 1.00. The molecule has 19 heavy (non-hydrogen) atoms. The summed E-state index contributed by atoms with van der Waals surface area (Å²) in [5.74, 6) is 3.28. The van der Waals surface area contributed by atoms with E-state index in [4.69, 9.17) is 0 Å². The summed E-state index contributed by atoms with van der Waals surface area (Å²) in [6.45, 7) is 16.7. The molecule has 0 aromatic carbocycles. The Labute approximate surface area is 121 Å². The van der Waals surface area contributed by atoms with Crippen molar-refractivity contribution in [3.8, 4) is 0 Å². The van der Waals surface area contributed by atoms with E-state index in [9.17, 15) is 0 Å². The van der Waals surface area contributed by atoms with Crippen LogP contribution in [0, 0.1) is 23.7 Å². The normalized spacial score (nSPS) is 32.5. The van der Waals surface area contributed by atoms with Gasteiger partial charge in [0, 0.05) is 25.2 Å². The Morgan fingerprint density at radius 1 is 1.11 bits per heavy atom. The second-order valence-electron chi connectivity index (χ2n) is 7.55. The molecule has 0 aromatic heterocycles. The van der Waals surface area contributed by atoms with E-state index in [1.807, 2.05) is 0 Å². The molecule has 1 aliphatic rings. The van der Waals surface area contributed by atoms with Crippen molar-refractivity contribution in [2.24, 2.45) is 23.7 Å². The molecule has 0 bridgehead atoms. The van der Waals surface area contributed by atoms with E-state index < -0.39 is 0 Å². The van der Waals surface area contributed by atoms with Crippen LogP contribution in [0.1, 0.15) is 54.4 Å². The van der Waals surface area contributed by atoms with Gasteiger partial charge >= 0.3 is 0 Å². The summed E-state index contributed by atoms with van der Waals surface area (Å²) in [7, 11) is 2.14. The van der Waals surface area contributed by atoms with Crippen LogP contribution in [0.3, 0.4) is 0 Å². The molecule has 1 N–H and O–H groups in total. The van der Waals surface area contributed by atoms with Crippen molar-refractivity contribution in [2.75, 3.05) is 20.1 Å².